The summed E-state index contributed by atoms with van der Waals surface area (Å²) < 4.78 is 6.97. The maximum atomic E-state index is 6.33. The number of nitrogens with one attached hydrogen (secondary N) is 1. The Morgan fingerprint density at radius 1 is 1.60 bits per heavy atom. The summed E-state index contributed by atoms with van der Waals surface area (Å²) in [5.74, 6) is 5.82. The van der Waals surface area contributed by atoms with Crippen LogP contribution in [0, 0.1) is 0 Å². The minimum absolute atomic E-state index is 0.130. The van der Waals surface area contributed by atoms with Crippen LogP contribution in [0.5, 0.6) is 0 Å². The molecule has 0 aliphatic rings. The van der Waals surface area contributed by atoms with Crippen molar-refractivity contribution in [3.8, 4) is 0 Å². The zero-order valence-electron chi connectivity index (χ0n) is 13.0. The van der Waals surface area contributed by atoms with Crippen LogP contribution in [0.4, 0.5) is 0 Å². The molecule has 2 atom stereocenters. The van der Waals surface area contributed by atoms with E-state index in [0.29, 0.717) is 18.2 Å². The van der Waals surface area contributed by atoms with Gasteiger partial charge >= 0.3 is 0 Å². The highest BCUT2D eigenvalue weighted by Gasteiger charge is 2.38. The van der Waals surface area contributed by atoms with Crippen LogP contribution < -0.4 is 11.3 Å². The zero-order valence-corrected chi connectivity index (χ0v) is 13.7. The third-order valence-corrected chi connectivity index (χ3v) is 4.43. The molecular formula is C13H26ClN5O. The summed E-state index contributed by atoms with van der Waals surface area (Å²) in [4.78, 5) is 2.15. The first-order chi connectivity index (χ1) is 9.42. The number of aromatic nitrogens is 2. The maximum absolute atomic E-state index is 6.33. The number of likely N-dealkylation sites (N-methyl/N-ethyl adjacent to an activating group) is 1. The Bertz CT molecular complexity index is 423. The molecule has 1 aromatic heterocycles. The SMILES string of the molecule is CCC(C)(C(NN)c1c(Cl)cnn1CCOC)N(C)C. The molecular weight excluding hydrogens is 278 g/mol. The van der Waals surface area contributed by atoms with Crippen molar-refractivity contribution in [2.75, 3.05) is 27.8 Å². The van der Waals surface area contributed by atoms with Gasteiger partial charge in [0.1, 0.15) is 0 Å². The van der Waals surface area contributed by atoms with Gasteiger partial charge in [-0.3, -0.25) is 10.5 Å². The molecule has 0 bridgehead atoms. The lowest BCUT2D eigenvalue weighted by atomic mass is 9.86. The Hall–Kier alpha value is -0.660. The lowest BCUT2D eigenvalue weighted by molar-refractivity contribution is 0.106. The van der Waals surface area contributed by atoms with E-state index in [-0.39, 0.29) is 11.6 Å². The molecule has 1 rings (SSSR count). The van der Waals surface area contributed by atoms with Gasteiger partial charge in [0.25, 0.3) is 0 Å². The fraction of sp³-hybridized carbons (Fsp3) is 0.769. The molecule has 0 amide bonds. The largest absolute Gasteiger partial charge is 0.383 e. The van der Waals surface area contributed by atoms with Crippen LogP contribution in [0.25, 0.3) is 0 Å². The molecule has 7 heteroatoms. The van der Waals surface area contributed by atoms with Crippen molar-refractivity contribution < 1.29 is 4.74 Å². The predicted octanol–water partition coefficient (Wildman–Crippen LogP) is 1.42. The summed E-state index contributed by atoms with van der Waals surface area (Å²) in [6, 6.07) is -0.130. The van der Waals surface area contributed by atoms with Gasteiger partial charge in [0, 0.05) is 12.6 Å². The summed E-state index contributed by atoms with van der Waals surface area (Å²) in [5.41, 5.74) is 3.62. The van der Waals surface area contributed by atoms with Gasteiger partial charge < -0.3 is 9.64 Å². The summed E-state index contributed by atoms with van der Waals surface area (Å²) in [7, 11) is 5.74. The normalized spacial score (nSPS) is 16.4. The van der Waals surface area contributed by atoms with Gasteiger partial charge in [-0.05, 0) is 27.4 Å². The molecule has 2 unspecified atom stereocenters. The second-order valence-electron chi connectivity index (χ2n) is 5.30. The average Bonchev–Trinajstić information content (AvgIpc) is 2.78. The molecule has 0 spiro atoms. The number of halogens is 1. The Kier molecular flexibility index (Phi) is 6.42. The number of ether oxygens (including phenoxy) is 1. The second kappa shape index (κ2) is 7.38. The van der Waals surface area contributed by atoms with E-state index < -0.39 is 0 Å². The number of rotatable bonds is 8. The van der Waals surface area contributed by atoms with E-state index in [1.54, 1.807) is 13.3 Å². The van der Waals surface area contributed by atoms with E-state index in [0.717, 1.165) is 12.1 Å². The summed E-state index contributed by atoms with van der Waals surface area (Å²) in [6.45, 7) is 5.51. The highest BCUT2D eigenvalue weighted by atomic mass is 35.5. The topological polar surface area (TPSA) is 68.3 Å². The molecule has 0 aliphatic heterocycles. The Balaban J connectivity index is 3.20. The third kappa shape index (κ3) is 3.32. The molecule has 0 aromatic carbocycles. The molecule has 3 N–H and O–H groups in total. The van der Waals surface area contributed by atoms with Crippen molar-refractivity contribution in [3.05, 3.63) is 16.9 Å². The second-order valence-corrected chi connectivity index (χ2v) is 5.71. The quantitative estimate of drug-likeness (QED) is 0.561. The van der Waals surface area contributed by atoms with Gasteiger partial charge in [0.15, 0.2) is 0 Å². The number of hydrazine groups is 1. The monoisotopic (exact) mass is 303 g/mol. The van der Waals surface area contributed by atoms with Crippen molar-refractivity contribution in [2.45, 2.75) is 38.4 Å². The molecule has 0 saturated carbocycles. The molecule has 116 valence electrons. The van der Waals surface area contributed by atoms with Crippen LogP contribution in [-0.2, 0) is 11.3 Å². The molecule has 1 aromatic rings. The molecule has 0 radical (unpaired) electrons. The Morgan fingerprint density at radius 2 is 2.25 bits per heavy atom. The zero-order chi connectivity index (χ0) is 15.3. The molecule has 0 saturated heterocycles. The van der Waals surface area contributed by atoms with Crippen LogP contribution in [0.1, 0.15) is 32.0 Å². The van der Waals surface area contributed by atoms with Gasteiger partial charge in [-0.1, -0.05) is 18.5 Å². The first kappa shape index (κ1) is 17.4. The Morgan fingerprint density at radius 3 is 2.70 bits per heavy atom. The fourth-order valence-electron chi connectivity index (χ4n) is 2.35. The highest BCUT2D eigenvalue weighted by molar-refractivity contribution is 6.31. The highest BCUT2D eigenvalue weighted by Crippen LogP contribution is 2.35. The van der Waals surface area contributed by atoms with Gasteiger partial charge in [-0.25, -0.2) is 5.43 Å². The molecule has 0 fully saturated rings. The lowest BCUT2D eigenvalue weighted by Crippen LogP contribution is -2.53. The van der Waals surface area contributed by atoms with Crippen LogP contribution >= 0.6 is 11.6 Å². The van der Waals surface area contributed by atoms with Crippen LogP contribution in [0.15, 0.2) is 6.20 Å². The van der Waals surface area contributed by atoms with E-state index in [2.05, 4.69) is 29.3 Å². The lowest BCUT2D eigenvalue weighted by Gasteiger charge is -2.42. The van der Waals surface area contributed by atoms with E-state index in [9.17, 15) is 0 Å². The molecule has 0 aliphatic carbocycles. The van der Waals surface area contributed by atoms with Gasteiger partial charge in [-0.2, -0.15) is 5.10 Å². The standard InChI is InChI=1S/C13H26ClN5O/c1-6-13(2,18(3)4)12(17-15)11-10(14)9-16-19(11)7-8-20-5/h9,12,17H,6-8,15H2,1-5H3. The van der Waals surface area contributed by atoms with E-state index >= 15 is 0 Å². The predicted molar refractivity (Wildman–Crippen MR) is 81.6 cm³/mol. The van der Waals surface area contributed by atoms with Crippen molar-refractivity contribution in [1.82, 2.24) is 20.1 Å². The van der Waals surface area contributed by atoms with Gasteiger partial charge in [0.05, 0.1) is 36.1 Å². The fourth-order valence-corrected chi connectivity index (χ4v) is 2.60. The summed E-state index contributed by atoms with van der Waals surface area (Å²) in [5, 5.41) is 4.94. The average molecular weight is 304 g/mol. The van der Waals surface area contributed by atoms with E-state index in [1.165, 1.54) is 0 Å². The van der Waals surface area contributed by atoms with Crippen molar-refractivity contribution in [3.63, 3.8) is 0 Å². The number of hydrogen-bond donors (Lipinski definition) is 2. The molecule has 6 nitrogen and oxygen atoms in total. The van der Waals surface area contributed by atoms with Gasteiger partial charge in [0.2, 0.25) is 0 Å². The van der Waals surface area contributed by atoms with Crippen molar-refractivity contribution in [2.24, 2.45) is 5.84 Å². The molecule has 20 heavy (non-hydrogen) atoms. The third-order valence-electron chi connectivity index (χ3n) is 4.14. The first-order valence-corrected chi connectivity index (χ1v) is 7.13. The Labute approximate surface area is 126 Å². The number of nitrogens with two attached hydrogens (primary N) is 1. The number of methoxy groups -OCH3 is 1. The van der Waals surface area contributed by atoms with Crippen molar-refractivity contribution >= 4 is 11.6 Å². The van der Waals surface area contributed by atoms with Crippen LogP contribution in [-0.4, -0.2) is 48.0 Å². The number of nitrogens with zero attached hydrogens (tertiary/aromatic N) is 3. The maximum Gasteiger partial charge on any atom is 0.0835 e. The smallest absolute Gasteiger partial charge is 0.0835 e. The molecule has 1 heterocycles. The van der Waals surface area contributed by atoms with E-state index in [1.807, 2.05) is 18.8 Å². The minimum Gasteiger partial charge on any atom is -0.383 e. The number of hydrogen-bond acceptors (Lipinski definition) is 5. The van der Waals surface area contributed by atoms with Crippen molar-refractivity contribution in [1.29, 1.82) is 0 Å². The van der Waals surface area contributed by atoms with Crippen LogP contribution in [0.3, 0.4) is 0 Å². The summed E-state index contributed by atoms with van der Waals surface area (Å²) >= 11 is 6.33. The minimum atomic E-state index is -0.177. The van der Waals surface area contributed by atoms with E-state index in [4.69, 9.17) is 22.2 Å². The first-order valence-electron chi connectivity index (χ1n) is 6.76. The summed E-state index contributed by atoms with van der Waals surface area (Å²) in [6.07, 6.45) is 2.57. The van der Waals surface area contributed by atoms with Crippen LogP contribution in [0.2, 0.25) is 5.02 Å². The van der Waals surface area contributed by atoms with Gasteiger partial charge in [-0.15, -0.1) is 0 Å².